The lowest BCUT2D eigenvalue weighted by Crippen LogP contribution is -2.10. The second kappa shape index (κ2) is 11.0. The van der Waals surface area contributed by atoms with Gasteiger partial charge in [0.25, 0.3) is 0 Å². The van der Waals surface area contributed by atoms with Crippen molar-refractivity contribution in [2.24, 2.45) is 0 Å². The van der Waals surface area contributed by atoms with Gasteiger partial charge in [-0.3, -0.25) is 0 Å². The van der Waals surface area contributed by atoms with Crippen molar-refractivity contribution in [2.75, 3.05) is 4.90 Å². The van der Waals surface area contributed by atoms with Crippen molar-refractivity contribution >= 4 is 71.6 Å². The Labute approximate surface area is 283 Å². The fraction of sp³-hybridized carbons (Fsp3) is 0. The smallest absolute Gasteiger partial charge is 0.159 e. The van der Waals surface area contributed by atoms with E-state index in [2.05, 4.69) is 179 Å². The normalized spacial score (nSPS) is 11.7. The molecule has 230 valence electrons. The van der Waals surface area contributed by atoms with E-state index in [0.29, 0.717) is 0 Å². The van der Waals surface area contributed by atoms with Crippen LogP contribution in [0.25, 0.3) is 71.3 Å². The van der Waals surface area contributed by atoms with Crippen LogP contribution in [0.4, 0.5) is 17.1 Å². The van der Waals surface area contributed by atoms with Crippen molar-refractivity contribution in [3.8, 4) is 16.8 Å². The van der Waals surface area contributed by atoms with Crippen LogP contribution in [-0.4, -0.2) is 4.57 Å². The zero-order chi connectivity index (χ0) is 32.3. The van der Waals surface area contributed by atoms with Crippen molar-refractivity contribution < 1.29 is 4.42 Å². The standard InChI is InChI=1S/C46H30N2O/c1-2-14-34(15-3-1)47(44-22-11-19-39-38-18-7-9-23-45(38)49-46(39)44)35-27-24-31(25-28-35)33-26-29-43-40(30-33)37-17-6-8-20-42(37)48(43)41-21-10-13-32-12-4-5-16-36(32)41/h1-30H. The molecule has 3 nitrogen and oxygen atoms in total. The molecular formula is C46H30N2O. The lowest BCUT2D eigenvalue weighted by atomic mass is 10.0. The minimum Gasteiger partial charge on any atom is -0.454 e. The summed E-state index contributed by atoms with van der Waals surface area (Å²) in [4.78, 5) is 2.29. The average molecular weight is 627 g/mol. The van der Waals surface area contributed by atoms with Gasteiger partial charge in [-0.25, -0.2) is 0 Å². The zero-order valence-electron chi connectivity index (χ0n) is 26.6. The number of para-hydroxylation sites is 4. The zero-order valence-corrected chi connectivity index (χ0v) is 26.6. The van der Waals surface area contributed by atoms with E-state index < -0.39 is 0 Å². The molecule has 0 bridgehead atoms. The maximum absolute atomic E-state index is 6.49. The van der Waals surface area contributed by atoms with Gasteiger partial charge in [-0.05, 0) is 77.2 Å². The van der Waals surface area contributed by atoms with E-state index in [1.165, 1.54) is 49.4 Å². The molecule has 0 saturated carbocycles. The Hall–Kier alpha value is -6.58. The van der Waals surface area contributed by atoms with Crippen molar-refractivity contribution in [3.63, 3.8) is 0 Å². The summed E-state index contributed by atoms with van der Waals surface area (Å²) in [5.41, 5.74) is 10.9. The number of hydrogen-bond acceptors (Lipinski definition) is 2. The van der Waals surface area contributed by atoms with Crippen LogP contribution in [0.15, 0.2) is 186 Å². The van der Waals surface area contributed by atoms with Gasteiger partial charge in [0.15, 0.2) is 5.58 Å². The molecule has 49 heavy (non-hydrogen) atoms. The number of rotatable bonds is 5. The Balaban J connectivity index is 1.10. The molecule has 0 N–H and O–H groups in total. The molecule has 0 fully saturated rings. The largest absolute Gasteiger partial charge is 0.454 e. The van der Waals surface area contributed by atoms with Gasteiger partial charge in [0, 0.05) is 38.3 Å². The highest BCUT2D eigenvalue weighted by molar-refractivity contribution is 6.12. The van der Waals surface area contributed by atoms with Crippen LogP contribution in [-0.2, 0) is 0 Å². The highest BCUT2D eigenvalue weighted by Gasteiger charge is 2.20. The van der Waals surface area contributed by atoms with Crippen molar-refractivity contribution in [2.45, 2.75) is 0 Å². The van der Waals surface area contributed by atoms with Crippen LogP contribution in [0.5, 0.6) is 0 Å². The molecule has 0 unspecified atom stereocenters. The van der Waals surface area contributed by atoms with Gasteiger partial charge in [-0.15, -0.1) is 0 Å². The Morgan fingerprint density at radius 1 is 0.408 bits per heavy atom. The fourth-order valence-corrected chi connectivity index (χ4v) is 7.53. The summed E-state index contributed by atoms with van der Waals surface area (Å²) in [6.07, 6.45) is 0. The molecule has 0 atom stereocenters. The molecule has 2 heterocycles. The van der Waals surface area contributed by atoms with Gasteiger partial charge in [0.2, 0.25) is 0 Å². The van der Waals surface area contributed by atoms with Crippen LogP contribution >= 0.6 is 0 Å². The van der Waals surface area contributed by atoms with Gasteiger partial charge >= 0.3 is 0 Å². The quantitative estimate of drug-likeness (QED) is 0.190. The molecule has 8 aromatic carbocycles. The minimum absolute atomic E-state index is 0.879. The van der Waals surface area contributed by atoms with E-state index in [0.717, 1.165) is 39.0 Å². The van der Waals surface area contributed by atoms with Crippen LogP contribution in [0.1, 0.15) is 0 Å². The predicted molar refractivity (Wildman–Crippen MR) is 206 cm³/mol. The first-order valence-corrected chi connectivity index (χ1v) is 16.7. The van der Waals surface area contributed by atoms with Crippen molar-refractivity contribution in [3.05, 3.63) is 182 Å². The summed E-state index contributed by atoms with van der Waals surface area (Å²) >= 11 is 0. The highest BCUT2D eigenvalue weighted by atomic mass is 16.3. The molecule has 0 radical (unpaired) electrons. The number of nitrogens with zero attached hydrogens (tertiary/aromatic N) is 2. The monoisotopic (exact) mass is 626 g/mol. The Morgan fingerprint density at radius 2 is 1.04 bits per heavy atom. The first-order valence-electron chi connectivity index (χ1n) is 16.7. The van der Waals surface area contributed by atoms with E-state index in [1.54, 1.807) is 0 Å². The summed E-state index contributed by atoms with van der Waals surface area (Å²) in [5, 5.41) is 7.21. The Bertz CT molecular complexity index is 2820. The number of hydrogen-bond donors (Lipinski definition) is 0. The third kappa shape index (κ3) is 4.37. The Morgan fingerprint density at radius 3 is 1.92 bits per heavy atom. The van der Waals surface area contributed by atoms with E-state index >= 15 is 0 Å². The molecular weight excluding hydrogens is 597 g/mol. The number of fused-ring (bicyclic) bond motifs is 7. The number of benzene rings is 8. The number of anilines is 3. The summed E-state index contributed by atoms with van der Waals surface area (Å²) < 4.78 is 8.90. The molecule has 0 saturated heterocycles. The van der Waals surface area contributed by atoms with Gasteiger partial charge in [-0.1, -0.05) is 121 Å². The third-order valence-electron chi connectivity index (χ3n) is 9.78. The van der Waals surface area contributed by atoms with Crippen molar-refractivity contribution in [1.82, 2.24) is 4.57 Å². The lowest BCUT2D eigenvalue weighted by Gasteiger charge is -2.25. The molecule has 10 aromatic rings. The molecule has 0 aliphatic rings. The molecule has 2 aromatic heterocycles. The molecule has 0 spiro atoms. The van der Waals surface area contributed by atoms with Crippen LogP contribution < -0.4 is 4.90 Å². The Kier molecular flexibility index (Phi) is 6.18. The van der Waals surface area contributed by atoms with Crippen LogP contribution in [0, 0.1) is 0 Å². The topological polar surface area (TPSA) is 21.3 Å². The maximum Gasteiger partial charge on any atom is 0.159 e. The van der Waals surface area contributed by atoms with Crippen LogP contribution in [0.2, 0.25) is 0 Å². The first kappa shape index (κ1) is 27.5. The lowest BCUT2D eigenvalue weighted by molar-refractivity contribution is 0.669. The summed E-state index contributed by atoms with van der Waals surface area (Å²) in [6.45, 7) is 0. The highest BCUT2D eigenvalue weighted by Crippen LogP contribution is 2.43. The summed E-state index contributed by atoms with van der Waals surface area (Å²) in [5.74, 6) is 0. The van der Waals surface area contributed by atoms with E-state index in [-0.39, 0.29) is 0 Å². The predicted octanol–water partition coefficient (Wildman–Crippen LogP) is 13.0. The molecule has 3 heteroatoms. The molecule has 10 rings (SSSR count). The maximum atomic E-state index is 6.49. The molecule has 0 aliphatic carbocycles. The average Bonchev–Trinajstić information content (AvgIpc) is 3.72. The first-order chi connectivity index (χ1) is 24.3. The molecule has 0 aliphatic heterocycles. The second-order valence-electron chi connectivity index (χ2n) is 12.6. The fourth-order valence-electron chi connectivity index (χ4n) is 7.53. The van der Waals surface area contributed by atoms with E-state index in [1.807, 2.05) is 12.1 Å². The van der Waals surface area contributed by atoms with Gasteiger partial charge in [0.05, 0.1) is 22.4 Å². The number of furan rings is 1. The third-order valence-corrected chi connectivity index (χ3v) is 9.78. The van der Waals surface area contributed by atoms with Gasteiger partial charge in [0.1, 0.15) is 5.58 Å². The molecule has 0 amide bonds. The minimum atomic E-state index is 0.879. The van der Waals surface area contributed by atoms with Crippen molar-refractivity contribution in [1.29, 1.82) is 0 Å². The van der Waals surface area contributed by atoms with Crippen LogP contribution in [0.3, 0.4) is 0 Å². The summed E-state index contributed by atoms with van der Waals surface area (Å²) in [7, 11) is 0. The van der Waals surface area contributed by atoms with E-state index in [4.69, 9.17) is 4.42 Å². The van der Waals surface area contributed by atoms with Gasteiger partial charge in [-0.2, -0.15) is 0 Å². The number of aromatic nitrogens is 1. The van der Waals surface area contributed by atoms with E-state index in [9.17, 15) is 0 Å². The SMILES string of the molecule is c1ccc(N(c2ccc(-c3ccc4c(c3)c3ccccc3n4-c3cccc4ccccc34)cc2)c2cccc3c2oc2ccccc23)cc1. The van der Waals surface area contributed by atoms with Gasteiger partial charge < -0.3 is 13.9 Å². The second-order valence-corrected chi connectivity index (χ2v) is 12.6. The summed E-state index contributed by atoms with van der Waals surface area (Å²) in [6, 6.07) is 64.9.